The van der Waals surface area contributed by atoms with E-state index in [4.69, 9.17) is 19.3 Å². The summed E-state index contributed by atoms with van der Waals surface area (Å²) in [6, 6.07) is 6.33. The lowest BCUT2D eigenvalue weighted by molar-refractivity contribution is 0.0698. The topological polar surface area (TPSA) is 60.0 Å². The maximum Gasteiger partial charge on any atom is 0.161 e. The Hall–Kier alpha value is -1.30. The van der Waals surface area contributed by atoms with Gasteiger partial charge in [0, 0.05) is 12.6 Å². The van der Waals surface area contributed by atoms with Crippen molar-refractivity contribution in [1.29, 1.82) is 0 Å². The third kappa shape index (κ3) is 6.23. The van der Waals surface area contributed by atoms with Crippen LogP contribution in [0.2, 0.25) is 0 Å². The van der Waals surface area contributed by atoms with Crippen LogP contribution in [0.4, 0.5) is 0 Å². The third-order valence-corrected chi connectivity index (χ3v) is 2.66. The predicted molar refractivity (Wildman–Crippen MR) is 78.4 cm³/mol. The van der Waals surface area contributed by atoms with Crippen molar-refractivity contribution in [2.45, 2.75) is 26.4 Å². The van der Waals surface area contributed by atoms with Crippen molar-refractivity contribution in [3.63, 3.8) is 0 Å². The normalized spacial score (nSPS) is 10.8. The largest absolute Gasteiger partial charge is 0.493 e. The van der Waals surface area contributed by atoms with Crippen molar-refractivity contribution in [3.8, 4) is 11.5 Å². The molecule has 0 bridgehead atoms. The highest BCUT2D eigenvalue weighted by molar-refractivity contribution is 5.42. The van der Waals surface area contributed by atoms with E-state index in [2.05, 4.69) is 19.2 Å². The monoisotopic (exact) mass is 283 g/mol. The lowest BCUT2D eigenvalue weighted by atomic mass is 10.2. The molecule has 0 aliphatic carbocycles. The van der Waals surface area contributed by atoms with E-state index in [1.807, 2.05) is 18.2 Å². The maximum atomic E-state index is 8.61. The highest BCUT2D eigenvalue weighted by atomic mass is 16.5. The predicted octanol–water partition coefficient (Wildman–Crippen LogP) is 1.58. The van der Waals surface area contributed by atoms with Gasteiger partial charge in [-0.05, 0) is 17.7 Å². The molecule has 0 aromatic heterocycles. The first kappa shape index (κ1) is 16.8. The number of aliphatic hydroxyl groups excluding tert-OH is 1. The Morgan fingerprint density at radius 1 is 1.15 bits per heavy atom. The summed E-state index contributed by atoms with van der Waals surface area (Å²) in [5.41, 5.74) is 1.14. The molecular formula is C15H25NO4. The number of methoxy groups -OCH3 is 1. The van der Waals surface area contributed by atoms with Crippen molar-refractivity contribution >= 4 is 0 Å². The summed E-state index contributed by atoms with van der Waals surface area (Å²) < 4.78 is 16.1. The van der Waals surface area contributed by atoms with E-state index in [1.54, 1.807) is 7.11 Å². The molecule has 1 aromatic rings. The van der Waals surface area contributed by atoms with Crippen LogP contribution >= 0.6 is 0 Å². The van der Waals surface area contributed by atoms with Gasteiger partial charge < -0.3 is 24.6 Å². The molecule has 0 fully saturated rings. The van der Waals surface area contributed by atoms with Gasteiger partial charge in [-0.2, -0.15) is 0 Å². The summed E-state index contributed by atoms with van der Waals surface area (Å²) >= 11 is 0. The molecule has 0 unspecified atom stereocenters. The number of hydrogen-bond acceptors (Lipinski definition) is 5. The van der Waals surface area contributed by atoms with E-state index in [0.29, 0.717) is 37.4 Å². The smallest absolute Gasteiger partial charge is 0.161 e. The molecule has 0 heterocycles. The number of ether oxygens (including phenoxy) is 3. The molecule has 0 aliphatic heterocycles. The molecule has 2 N–H and O–H groups in total. The Labute approximate surface area is 120 Å². The fourth-order valence-corrected chi connectivity index (χ4v) is 1.64. The minimum absolute atomic E-state index is 0.0275. The number of hydrogen-bond donors (Lipinski definition) is 2. The van der Waals surface area contributed by atoms with E-state index in [9.17, 15) is 0 Å². The minimum Gasteiger partial charge on any atom is -0.493 e. The van der Waals surface area contributed by atoms with Gasteiger partial charge in [-0.25, -0.2) is 0 Å². The lowest BCUT2D eigenvalue weighted by Crippen LogP contribution is -2.21. The van der Waals surface area contributed by atoms with Crippen molar-refractivity contribution in [2.24, 2.45) is 0 Å². The van der Waals surface area contributed by atoms with E-state index < -0.39 is 0 Å². The zero-order valence-corrected chi connectivity index (χ0v) is 12.5. The molecule has 114 valence electrons. The standard InChI is InChI=1S/C15H25NO4/c1-12(2)16-11-13-4-5-14(18-3)15(10-13)20-9-8-19-7-6-17/h4-5,10,12,16-17H,6-9,11H2,1-3H3. The second-order valence-corrected chi connectivity index (χ2v) is 4.71. The second kappa shape index (κ2) is 9.58. The van der Waals surface area contributed by atoms with Gasteiger partial charge in [-0.1, -0.05) is 19.9 Å². The van der Waals surface area contributed by atoms with Gasteiger partial charge in [0.2, 0.25) is 0 Å². The second-order valence-electron chi connectivity index (χ2n) is 4.71. The Kier molecular flexibility index (Phi) is 8.02. The minimum atomic E-state index is 0.0275. The first-order chi connectivity index (χ1) is 9.67. The Morgan fingerprint density at radius 3 is 2.60 bits per heavy atom. The average molecular weight is 283 g/mol. The van der Waals surface area contributed by atoms with Crippen LogP contribution in [0.5, 0.6) is 11.5 Å². The SMILES string of the molecule is COc1ccc(CNC(C)C)cc1OCCOCCO. The van der Waals surface area contributed by atoms with Gasteiger partial charge in [-0.15, -0.1) is 0 Å². The first-order valence-electron chi connectivity index (χ1n) is 6.89. The lowest BCUT2D eigenvalue weighted by Gasteiger charge is -2.13. The highest BCUT2D eigenvalue weighted by Crippen LogP contribution is 2.28. The molecule has 1 rings (SSSR count). The summed E-state index contributed by atoms with van der Waals surface area (Å²) in [5, 5.41) is 12.0. The zero-order chi connectivity index (χ0) is 14.8. The van der Waals surface area contributed by atoms with Crippen molar-refractivity contribution in [3.05, 3.63) is 23.8 Å². The van der Waals surface area contributed by atoms with Crippen LogP contribution in [0.25, 0.3) is 0 Å². The Bertz CT molecular complexity index is 382. The molecule has 0 spiro atoms. The molecule has 0 aliphatic rings. The van der Waals surface area contributed by atoms with Crippen LogP contribution in [0.1, 0.15) is 19.4 Å². The fraction of sp³-hybridized carbons (Fsp3) is 0.600. The summed E-state index contributed by atoms with van der Waals surface area (Å²) in [5.74, 6) is 1.42. The van der Waals surface area contributed by atoms with E-state index in [1.165, 1.54) is 0 Å². The number of nitrogens with one attached hydrogen (secondary N) is 1. The van der Waals surface area contributed by atoms with Crippen molar-refractivity contribution in [1.82, 2.24) is 5.32 Å². The molecule has 0 saturated heterocycles. The summed E-state index contributed by atoms with van der Waals surface area (Å²) in [7, 11) is 1.62. The van der Waals surface area contributed by atoms with Gasteiger partial charge in [0.1, 0.15) is 6.61 Å². The highest BCUT2D eigenvalue weighted by Gasteiger charge is 2.06. The average Bonchev–Trinajstić information content (AvgIpc) is 2.45. The molecular weight excluding hydrogens is 258 g/mol. The number of benzene rings is 1. The number of rotatable bonds is 10. The summed E-state index contributed by atoms with van der Waals surface area (Å²) in [6.45, 7) is 6.24. The third-order valence-electron chi connectivity index (χ3n) is 2.66. The van der Waals surface area contributed by atoms with Crippen LogP contribution in [0.15, 0.2) is 18.2 Å². The van der Waals surface area contributed by atoms with E-state index in [0.717, 1.165) is 12.1 Å². The van der Waals surface area contributed by atoms with Crippen LogP contribution in [0.3, 0.4) is 0 Å². The molecule has 20 heavy (non-hydrogen) atoms. The summed E-state index contributed by atoms with van der Waals surface area (Å²) in [4.78, 5) is 0. The van der Waals surface area contributed by atoms with Crippen LogP contribution < -0.4 is 14.8 Å². The Morgan fingerprint density at radius 2 is 1.95 bits per heavy atom. The van der Waals surface area contributed by atoms with Crippen LogP contribution in [0, 0.1) is 0 Å². The zero-order valence-electron chi connectivity index (χ0n) is 12.5. The summed E-state index contributed by atoms with van der Waals surface area (Å²) in [6.07, 6.45) is 0. The van der Waals surface area contributed by atoms with Gasteiger partial charge >= 0.3 is 0 Å². The van der Waals surface area contributed by atoms with Crippen molar-refractivity contribution < 1.29 is 19.3 Å². The van der Waals surface area contributed by atoms with E-state index >= 15 is 0 Å². The van der Waals surface area contributed by atoms with Gasteiger partial charge in [0.25, 0.3) is 0 Å². The van der Waals surface area contributed by atoms with Crippen LogP contribution in [-0.2, 0) is 11.3 Å². The molecule has 0 atom stereocenters. The molecule has 5 nitrogen and oxygen atoms in total. The van der Waals surface area contributed by atoms with Gasteiger partial charge in [-0.3, -0.25) is 0 Å². The van der Waals surface area contributed by atoms with E-state index in [-0.39, 0.29) is 6.61 Å². The maximum absolute atomic E-state index is 8.61. The first-order valence-corrected chi connectivity index (χ1v) is 6.89. The quantitative estimate of drug-likeness (QED) is 0.638. The van der Waals surface area contributed by atoms with Crippen molar-refractivity contribution in [2.75, 3.05) is 33.5 Å². The van der Waals surface area contributed by atoms with Crippen LogP contribution in [-0.4, -0.2) is 44.7 Å². The molecule has 0 radical (unpaired) electrons. The molecule has 1 aromatic carbocycles. The molecule has 0 saturated carbocycles. The molecule has 0 amide bonds. The Balaban J connectivity index is 2.54. The number of aliphatic hydroxyl groups is 1. The van der Waals surface area contributed by atoms with Gasteiger partial charge in [0.15, 0.2) is 11.5 Å². The fourth-order valence-electron chi connectivity index (χ4n) is 1.64. The van der Waals surface area contributed by atoms with Gasteiger partial charge in [0.05, 0.1) is 26.9 Å². The molecule has 5 heteroatoms.